The molecule has 0 saturated heterocycles. The number of quaternary nitrogens is 1. The molecule has 0 unspecified atom stereocenters. The molecule has 2 rings (SSSR count). The molecule has 2 aromatic rings. The summed E-state index contributed by atoms with van der Waals surface area (Å²) >= 11 is 3.40. The Morgan fingerprint density at radius 1 is 1.19 bits per heavy atom. The molecule has 0 heterocycles. The van der Waals surface area contributed by atoms with E-state index in [1.54, 1.807) is 7.05 Å². The van der Waals surface area contributed by atoms with E-state index in [1.807, 2.05) is 60.8 Å². The third-order valence-corrected chi connectivity index (χ3v) is 4.73. The van der Waals surface area contributed by atoms with Crippen molar-refractivity contribution < 1.29 is 14.9 Å². The first-order valence-electron chi connectivity index (χ1n) is 8.55. The standard InChI is InChI=1S/C20H24BrN3O2/c1-14-11-17(21)9-10-18(14)23-19(25)13-24(3)20(26)12-22-15(2)16-7-5-4-6-8-16/h4-11,15,22H,12-13H2,1-3H3,(H,23,25)/p+1/t15-/m1/s1. The first-order chi connectivity index (χ1) is 12.4. The van der Waals surface area contributed by atoms with Crippen molar-refractivity contribution in [1.29, 1.82) is 0 Å². The number of hydrogen-bond donors (Lipinski definition) is 2. The van der Waals surface area contributed by atoms with Crippen LogP contribution in [0.5, 0.6) is 0 Å². The van der Waals surface area contributed by atoms with Crippen LogP contribution in [0.1, 0.15) is 24.1 Å². The average molecular weight is 419 g/mol. The third kappa shape index (κ3) is 5.97. The highest BCUT2D eigenvalue weighted by Crippen LogP contribution is 2.19. The molecule has 0 saturated carbocycles. The van der Waals surface area contributed by atoms with Crippen molar-refractivity contribution in [1.82, 2.24) is 4.90 Å². The molecule has 0 aromatic heterocycles. The van der Waals surface area contributed by atoms with Crippen LogP contribution in [0.4, 0.5) is 5.69 Å². The highest BCUT2D eigenvalue weighted by atomic mass is 79.9. The number of amides is 2. The van der Waals surface area contributed by atoms with Crippen LogP contribution in [0.3, 0.4) is 0 Å². The Bertz CT molecular complexity index is 765. The van der Waals surface area contributed by atoms with Gasteiger partial charge in [-0.1, -0.05) is 46.3 Å². The minimum atomic E-state index is -0.206. The van der Waals surface area contributed by atoms with Gasteiger partial charge >= 0.3 is 0 Å². The zero-order chi connectivity index (χ0) is 19.1. The van der Waals surface area contributed by atoms with Crippen molar-refractivity contribution >= 4 is 33.4 Å². The normalized spacial score (nSPS) is 11.7. The highest BCUT2D eigenvalue weighted by molar-refractivity contribution is 9.10. The molecule has 0 fully saturated rings. The number of rotatable bonds is 7. The van der Waals surface area contributed by atoms with Gasteiger partial charge in [0.1, 0.15) is 6.04 Å². The van der Waals surface area contributed by atoms with Gasteiger partial charge in [0.15, 0.2) is 6.54 Å². The second kappa shape index (κ2) is 9.50. The number of benzene rings is 2. The van der Waals surface area contributed by atoms with Gasteiger partial charge in [-0.3, -0.25) is 9.59 Å². The lowest BCUT2D eigenvalue weighted by Crippen LogP contribution is -2.87. The number of carbonyl (C=O) groups excluding carboxylic acids is 2. The van der Waals surface area contributed by atoms with Crippen LogP contribution in [0.15, 0.2) is 53.0 Å². The molecular weight excluding hydrogens is 394 g/mol. The number of nitrogens with two attached hydrogens (primary N) is 1. The zero-order valence-electron chi connectivity index (χ0n) is 15.3. The lowest BCUT2D eigenvalue weighted by molar-refractivity contribution is -0.683. The van der Waals surface area contributed by atoms with Gasteiger partial charge in [0.2, 0.25) is 5.91 Å². The molecule has 0 aliphatic carbocycles. The summed E-state index contributed by atoms with van der Waals surface area (Å²) in [5, 5.41) is 4.83. The largest absolute Gasteiger partial charge is 0.333 e. The molecule has 0 spiro atoms. The number of nitrogens with one attached hydrogen (secondary N) is 1. The number of carbonyl (C=O) groups is 2. The van der Waals surface area contributed by atoms with Gasteiger partial charge < -0.3 is 15.5 Å². The molecule has 0 aliphatic heterocycles. The molecule has 0 aliphatic rings. The fraction of sp³-hybridized carbons (Fsp3) is 0.300. The van der Waals surface area contributed by atoms with E-state index >= 15 is 0 Å². The van der Waals surface area contributed by atoms with Crippen molar-refractivity contribution in [3.8, 4) is 0 Å². The van der Waals surface area contributed by atoms with Crippen molar-refractivity contribution in [2.45, 2.75) is 19.9 Å². The molecule has 2 aromatic carbocycles. The Balaban J connectivity index is 1.81. The highest BCUT2D eigenvalue weighted by Gasteiger charge is 2.17. The van der Waals surface area contributed by atoms with Crippen molar-refractivity contribution in [3.05, 3.63) is 64.1 Å². The minimum Gasteiger partial charge on any atom is -0.333 e. The maximum absolute atomic E-state index is 12.3. The fourth-order valence-corrected chi connectivity index (χ4v) is 3.06. The van der Waals surface area contributed by atoms with Gasteiger partial charge in [-0.25, -0.2) is 0 Å². The Morgan fingerprint density at radius 2 is 1.88 bits per heavy atom. The maximum atomic E-state index is 12.3. The van der Waals surface area contributed by atoms with E-state index in [-0.39, 0.29) is 24.4 Å². The van der Waals surface area contributed by atoms with Gasteiger partial charge in [-0.05, 0) is 37.6 Å². The summed E-state index contributed by atoms with van der Waals surface area (Å²) in [5.74, 6) is -0.280. The third-order valence-electron chi connectivity index (χ3n) is 4.24. The Kier molecular flexibility index (Phi) is 7.36. The van der Waals surface area contributed by atoms with Crippen LogP contribution in [0, 0.1) is 6.92 Å². The number of aryl methyl sites for hydroxylation is 1. The van der Waals surface area contributed by atoms with Gasteiger partial charge in [0.25, 0.3) is 5.91 Å². The smallest absolute Gasteiger partial charge is 0.277 e. The topological polar surface area (TPSA) is 66.0 Å². The SMILES string of the molecule is Cc1cc(Br)ccc1NC(=O)CN(C)C(=O)C[NH2+][C@H](C)c1ccccc1. The zero-order valence-corrected chi connectivity index (χ0v) is 16.9. The molecule has 6 heteroatoms. The number of halogens is 1. The van der Waals surface area contributed by atoms with E-state index in [2.05, 4.69) is 28.2 Å². The Labute approximate surface area is 162 Å². The average Bonchev–Trinajstić information content (AvgIpc) is 2.62. The first kappa shape index (κ1) is 20.1. The van der Waals surface area contributed by atoms with Crippen LogP contribution in [0.25, 0.3) is 0 Å². The van der Waals surface area contributed by atoms with E-state index in [0.717, 1.165) is 15.7 Å². The summed E-state index contributed by atoms with van der Waals surface area (Å²) in [4.78, 5) is 25.9. The number of likely N-dealkylation sites (N-methyl/N-ethyl adjacent to an activating group) is 1. The molecule has 1 atom stereocenters. The predicted octanol–water partition coefficient (Wildman–Crippen LogP) is 2.48. The summed E-state index contributed by atoms with van der Waals surface area (Å²) in [5.41, 5.74) is 2.89. The molecule has 5 nitrogen and oxygen atoms in total. The molecule has 2 amide bonds. The number of anilines is 1. The van der Waals surface area contributed by atoms with E-state index in [9.17, 15) is 9.59 Å². The molecule has 0 bridgehead atoms. The summed E-state index contributed by atoms with van der Waals surface area (Å²) in [7, 11) is 1.65. The lowest BCUT2D eigenvalue weighted by Gasteiger charge is -2.18. The van der Waals surface area contributed by atoms with Crippen molar-refractivity contribution in [2.75, 3.05) is 25.5 Å². The molecule has 138 valence electrons. The molecule has 26 heavy (non-hydrogen) atoms. The van der Waals surface area contributed by atoms with Gasteiger partial charge in [-0.2, -0.15) is 0 Å². The monoisotopic (exact) mass is 418 g/mol. The second-order valence-electron chi connectivity index (χ2n) is 6.40. The molecular formula is C20H25BrN3O2+. The van der Waals surface area contributed by atoms with Crippen LogP contribution in [0.2, 0.25) is 0 Å². The van der Waals surface area contributed by atoms with Crippen LogP contribution in [-0.4, -0.2) is 36.9 Å². The van der Waals surface area contributed by atoms with Gasteiger partial charge in [0, 0.05) is 22.8 Å². The quantitative estimate of drug-likeness (QED) is 0.724. The van der Waals surface area contributed by atoms with Crippen LogP contribution in [-0.2, 0) is 9.59 Å². The second-order valence-corrected chi connectivity index (χ2v) is 7.31. The summed E-state index contributed by atoms with van der Waals surface area (Å²) in [6.07, 6.45) is 0. The number of nitrogens with zero attached hydrogens (tertiary/aromatic N) is 1. The van der Waals surface area contributed by atoms with Crippen molar-refractivity contribution in [2.24, 2.45) is 0 Å². The Morgan fingerprint density at radius 3 is 2.54 bits per heavy atom. The number of hydrogen-bond acceptors (Lipinski definition) is 2. The minimum absolute atomic E-state index is 0.0297. The van der Waals surface area contributed by atoms with Crippen molar-refractivity contribution in [3.63, 3.8) is 0 Å². The van der Waals surface area contributed by atoms with E-state index in [0.29, 0.717) is 6.54 Å². The summed E-state index contributed by atoms with van der Waals surface area (Å²) in [6.45, 7) is 4.32. The Hall–Kier alpha value is -2.18. The summed E-state index contributed by atoms with van der Waals surface area (Å²) < 4.78 is 0.961. The predicted molar refractivity (Wildman–Crippen MR) is 107 cm³/mol. The van der Waals surface area contributed by atoms with Gasteiger partial charge in [-0.15, -0.1) is 0 Å². The van der Waals surface area contributed by atoms with E-state index < -0.39 is 0 Å². The molecule has 3 N–H and O–H groups in total. The van der Waals surface area contributed by atoms with E-state index in [1.165, 1.54) is 10.5 Å². The van der Waals surface area contributed by atoms with E-state index in [4.69, 9.17) is 0 Å². The van der Waals surface area contributed by atoms with Crippen LogP contribution >= 0.6 is 15.9 Å². The van der Waals surface area contributed by atoms with Gasteiger partial charge in [0.05, 0.1) is 6.54 Å². The lowest BCUT2D eigenvalue weighted by atomic mass is 10.1. The fourth-order valence-electron chi connectivity index (χ4n) is 2.59. The van der Waals surface area contributed by atoms with Crippen LogP contribution < -0.4 is 10.6 Å². The molecule has 0 radical (unpaired) electrons. The maximum Gasteiger partial charge on any atom is 0.277 e. The first-order valence-corrected chi connectivity index (χ1v) is 9.34. The summed E-state index contributed by atoms with van der Waals surface area (Å²) in [6, 6.07) is 15.9.